The van der Waals surface area contributed by atoms with Gasteiger partial charge in [-0.1, -0.05) is 29.8 Å². The number of morpholine rings is 1. The number of aliphatic hydroxyl groups is 1. The Bertz CT molecular complexity index is 988. The second-order valence-electron chi connectivity index (χ2n) is 6.61. The molecule has 1 amide bonds. The molecule has 27 heavy (non-hydrogen) atoms. The molecule has 140 valence electrons. The smallest absolute Gasteiger partial charge is 0.254 e. The van der Waals surface area contributed by atoms with Crippen molar-refractivity contribution in [2.24, 2.45) is 0 Å². The van der Waals surface area contributed by atoms with Crippen molar-refractivity contribution in [2.45, 2.75) is 19.1 Å². The summed E-state index contributed by atoms with van der Waals surface area (Å²) in [4.78, 5) is 22.6. The summed E-state index contributed by atoms with van der Waals surface area (Å²) in [5, 5.41) is 10.4. The molecule has 0 unspecified atom stereocenters. The molecule has 1 aromatic heterocycles. The van der Waals surface area contributed by atoms with Gasteiger partial charge in [0.2, 0.25) is 0 Å². The number of aliphatic hydroxyl groups excluding tert-OH is 1. The molecular formula is C20H20ClN3O3. The Labute approximate surface area is 161 Å². The van der Waals surface area contributed by atoms with Gasteiger partial charge in [0.1, 0.15) is 11.9 Å². The number of aromatic amines is 1. The number of carbonyl (C=O) groups is 1. The highest BCUT2D eigenvalue weighted by Gasteiger charge is 2.37. The zero-order valence-corrected chi connectivity index (χ0v) is 15.6. The second-order valence-corrected chi connectivity index (χ2v) is 7.02. The van der Waals surface area contributed by atoms with E-state index in [9.17, 15) is 9.90 Å². The van der Waals surface area contributed by atoms with E-state index in [2.05, 4.69) is 9.97 Å². The predicted molar refractivity (Wildman–Crippen MR) is 103 cm³/mol. The van der Waals surface area contributed by atoms with Crippen LogP contribution < -0.4 is 0 Å². The molecule has 0 aliphatic carbocycles. The highest BCUT2D eigenvalue weighted by molar-refractivity contribution is 6.31. The van der Waals surface area contributed by atoms with E-state index in [0.29, 0.717) is 23.7 Å². The minimum absolute atomic E-state index is 0.129. The van der Waals surface area contributed by atoms with Crippen molar-refractivity contribution in [3.05, 3.63) is 64.4 Å². The van der Waals surface area contributed by atoms with Gasteiger partial charge < -0.3 is 19.7 Å². The first-order valence-corrected chi connectivity index (χ1v) is 9.20. The zero-order chi connectivity index (χ0) is 19.0. The maximum Gasteiger partial charge on any atom is 0.254 e. The van der Waals surface area contributed by atoms with Gasteiger partial charge in [-0.3, -0.25) is 4.79 Å². The van der Waals surface area contributed by atoms with Crippen LogP contribution in [0.15, 0.2) is 42.5 Å². The van der Waals surface area contributed by atoms with E-state index < -0.39 is 12.1 Å². The number of hydrogen-bond acceptors (Lipinski definition) is 4. The third-order valence-electron chi connectivity index (χ3n) is 4.86. The summed E-state index contributed by atoms with van der Waals surface area (Å²) in [6.45, 7) is 2.47. The molecule has 2 heterocycles. The van der Waals surface area contributed by atoms with Gasteiger partial charge >= 0.3 is 0 Å². The lowest BCUT2D eigenvalue weighted by Gasteiger charge is -2.41. The van der Waals surface area contributed by atoms with Crippen LogP contribution >= 0.6 is 11.6 Å². The van der Waals surface area contributed by atoms with E-state index in [1.54, 1.807) is 17.0 Å². The van der Waals surface area contributed by atoms with E-state index in [-0.39, 0.29) is 12.5 Å². The topological polar surface area (TPSA) is 78.5 Å². The first kappa shape index (κ1) is 18.0. The lowest BCUT2D eigenvalue weighted by Crippen LogP contribution is -2.49. The summed E-state index contributed by atoms with van der Waals surface area (Å²) in [7, 11) is 0. The first-order chi connectivity index (χ1) is 13.1. The summed E-state index contributed by atoms with van der Waals surface area (Å²) in [5.41, 5.74) is 2.97. The van der Waals surface area contributed by atoms with Crippen molar-refractivity contribution in [2.75, 3.05) is 19.8 Å². The number of nitrogens with one attached hydrogen (secondary N) is 1. The molecule has 1 saturated heterocycles. The van der Waals surface area contributed by atoms with E-state index in [1.165, 1.54) is 0 Å². The maximum atomic E-state index is 13.3. The molecule has 2 aromatic carbocycles. The maximum absolute atomic E-state index is 13.3. The number of halogens is 1. The van der Waals surface area contributed by atoms with Crippen molar-refractivity contribution in [1.29, 1.82) is 0 Å². The number of imidazole rings is 1. The summed E-state index contributed by atoms with van der Waals surface area (Å²) < 4.78 is 5.72. The molecule has 1 aliphatic rings. The number of hydrogen-bond donors (Lipinski definition) is 2. The highest BCUT2D eigenvalue weighted by atomic mass is 35.5. The minimum Gasteiger partial charge on any atom is -0.394 e. The van der Waals surface area contributed by atoms with Gasteiger partial charge in [0.25, 0.3) is 5.91 Å². The quantitative estimate of drug-likeness (QED) is 0.726. The molecule has 6 nitrogen and oxygen atoms in total. The lowest BCUT2D eigenvalue weighted by molar-refractivity contribution is -0.0811. The van der Waals surface area contributed by atoms with Crippen molar-refractivity contribution >= 4 is 28.5 Å². The van der Waals surface area contributed by atoms with Crippen LogP contribution in [0.2, 0.25) is 5.02 Å². The number of aryl methyl sites for hydroxylation is 1. The van der Waals surface area contributed by atoms with E-state index >= 15 is 0 Å². The predicted octanol–water partition coefficient (Wildman–Crippen LogP) is 3.10. The summed E-state index contributed by atoms with van der Waals surface area (Å²) in [6, 6.07) is 12.3. The highest BCUT2D eigenvalue weighted by Crippen LogP contribution is 2.35. The first-order valence-electron chi connectivity index (χ1n) is 8.82. The van der Waals surface area contributed by atoms with E-state index in [1.807, 2.05) is 37.3 Å². The van der Waals surface area contributed by atoms with Gasteiger partial charge in [0, 0.05) is 17.1 Å². The molecule has 1 fully saturated rings. The van der Waals surface area contributed by atoms with Crippen LogP contribution in [-0.4, -0.2) is 51.7 Å². The molecular weight excluding hydrogens is 366 g/mol. The van der Waals surface area contributed by atoms with Crippen molar-refractivity contribution < 1.29 is 14.6 Å². The molecule has 7 heteroatoms. The van der Waals surface area contributed by atoms with E-state index in [0.717, 1.165) is 22.4 Å². The Morgan fingerprint density at radius 3 is 2.96 bits per heavy atom. The molecule has 3 aromatic rings. The van der Waals surface area contributed by atoms with Crippen LogP contribution in [0.5, 0.6) is 0 Å². The standard InChI is InChI=1S/C20H20ClN3O3/c1-12-22-16-7-6-13(10-17(16)23-12)20(26)24-8-9-27-18(11-25)19(24)14-4-2-3-5-15(14)21/h2-7,10,18-19,25H,8-9,11H2,1H3,(H,22,23)/t18-,19-/m0/s1. The number of aromatic nitrogens is 2. The number of amides is 1. The summed E-state index contributed by atoms with van der Waals surface area (Å²) in [5.74, 6) is 0.672. The fourth-order valence-corrected chi connectivity index (χ4v) is 3.88. The number of carbonyl (C=O) groups excluding carboxylic acids is 1. The van der Waals surface area contributed by atoms with Crippen LogP contribution in [0.4, 0.5) is 0 Å². The number of benzene rings is 2. The number of fused-ring (bicyclic) bond motifs is 1. The number of nitrogens with zero attached hydrogens (tertiary/aromatic N) is 2. The Morgan fingerprint density at radius 2 is 2.19 bits per heavy atom. The molecule has 2 atom stereocenters. The normalized spacial score (nSPS) is 20.2. The van der Waals surface area contributed by atoms with E-state index in [4.69, 9.17) is 16.3 Å². The van der Waals surface area contributed by atoms with Crippen molar-refractivity contribution in [1.82, 2.24) is 14.9 Å². The fraction of sp³-hybridized carbons (Fsp3) is 0.300. The van der Waals surface area contributed by atoms with Gasteiger partial charge in [-0.25, -0.2) is 4.98 Å². The van der Waals surface area contributed by atoms with Gasteiger partial charge in [0.05, 0.1) is 30.3 Å². The minimum atomic E-state index is -0.527. The van der Waals surface area contributed by atoms with Crippen LogP contribution in [-0.2, 0) is 4.74 Å². The molecule has 0 spiro atoms. The Kier molecular flexibility index (Phi) is 4.86. The van der Waals surface area contributed by atoms with Crippen molar-refractivity contribution in [3.63, 3.8) is 0 Å². The Morgan fingerprint density at radius 1 is 1.37 bits per heavy atom. The molecule has 0 radical (unpaired) electrons. The third kappa shape index (κ3) is 3.32. The zero-order valence-electron chi connectivity index (χ0n) is 14.9. The molecule has 0 bridgehead atoms. The summed E-state index contributed by atoms with van der Waals surface area (Å²) in [6.07, 6.45) is -0.527. The average Bonchev–Trinajstić information content (AvgIpc) is 3.06. The monoisotopic (exact) mass is 385 g/mol. The van der Waals surface area contributed by atoms with Crippen LogP contribution in [0.25, 0.3) is 11.0 Å². The lowest BCUT2D eigenvalue weighted by atomic mass is 9.97. The Balaban J connectivity index is 1.73. The van der Waals surface area contributed by atoms with Gasteiger partial charge in [0.15, 0.2) is 0 Å². The number of H-pyrrole nitrogens is 1. The molecule has 2 N–H and O–H groups in total. The number of rotatable bonds is 3. The third-order valence-corrected chi connectivity index (χ3v) is 5.21. The molecule has 1 aliphatic heterocycles. The number of ether oxygens (including phenoxy) is 1. The average molecular weight is 386 g/mol. The SMILES string of the molecule is Cc1nc2ccc(C(=O)N3CCO[C@@H](CO)[C@@H]3c3ccccc3Cl)cc2[nH]1. The van der Waals surface area contributed by atoms with Crippen LogP contribution in [0.1, 0.15) is 27.8 Å². The second kappa shape index (κ2) is 7.31. The fourth-order valence-electron chi connectivity index (χ4n) is 3.63. The summed E-state index contributed by atoms with van der Waals surface area (Å²) >= 11 is 6.39. The largest absolute Gasteiger partial charge is 0.394 e. The van der Waals surface area contributed by atoms with Crippen LogP contribution in [0, 0.1) is 6.92 Å². The van der Waals surface area contributed by atoms with Crippen molar-refractivity contribution in [3.8, 4) is 0 Å². The van der Waals surface area contributed by atoms with Gasteiger partial charge in [-0.15, -0.1) is 0 Å². The molecule has 4 rings (SSSR count). The Hall–Kier alpha value is -2.41. The van der Waals surface area contributed by atoms with Crippen LogP contribution in [0.3, 0.4) is 0 Å². The molecule has 0 saturated carbocycles. The van der Waals surface area contributed by atoms with Gasteiger partial charge in [-0.2, -0.15) is 0 Å². The van der Waals surface area contributed by atoms with Gasteiger partial charge in [-0.05, 0) is 36.8 Å².